The molecule has 0 aliphatic carbocycles. The van der Waals surface area contributed by atoms with Crippen molar-refractivity contribution in [3.63, 3.8) is 0 Å². The van der Waals surface area contributed by atoms with Crippen LogP contribution >= 0.6 is 15.9 Å². The Kier molecular flexibility index (Phi) is 4.36. The van der Waals surface area contributed by atoms with Crippen LogP contribution in [-0.4, -0.2) is 16.5 Å². The second-order valence-corrected chi connectivity index (χ2v) is 6.43. The Morgan fingerprint density at radius 1 is 1.29 bits per heavy atom. The van der Waals surface area contributed by atoms with Crippen LogP contribution in [0.25, 0.3) is 11.4 Å². The van der Waals surface area contributed by atoms with Gasteiger partial charge in [-0.25, -0.2) is 9.97 Å². The van der Waals surface area contributed by atoms with Gasteiger partial charge in [0.25, 0.3) is 0 Å². The Balaban J connectivity index is 2.12. The molecule has 0 fully saturated rings. The molecule has 0 amide bonds. The molecule has 0 unspecified atom stereocenters. The van der Waals surface area contributed by atoms with E-state index in [9.17, 15) is 0 Å². The van der Waals surface area contributed by atoms with Gasteiger partial charge >= 0.3 is 0 Å². The number of nitrogens with one attached hydrogen (secondary N) is 1. The molecule has 4 heteroatoms. The van der Waals surface area contributed by atoms with Crippen LogP contribution in [0.2, 0.25) is 0 Å². The van der Waals surface area contributed by atoms with E-state index in [0.29, 0.717) is 0 Å². The van der Waals surface area contributed by atoms with E-state index in [1.54, 1.807) is 0 Å². The average molecular weight is 346 g/mol. The van der Waals surface area contributed by atoms with Crippen LogP contribution in [0.5, 0.6) is 0 Å². The molecule has 3 nitrogen and oxygen atoms in total. The summed E-state index contributed by atoms with van der Waals surface area (Å²) in [6.07, 6.45) is 3.19. The summed E-state index contributed by atoms with van der Waals surface area (Å²) in [6.45, 7) is 6.18. The number of rotatable bonds is 3. The minimum atomic E-state index is 0.841. The fourth-order valence-electron chi connectivity index (χ4n) is 2.80. The molecular formula is C17H20BrN3. The summed E-state index contributed by atoms with van der Waals surface area (Å²) < 4.78 is 1.06. The lowest BCUT2D eigenvalue weighted by Gasteiger charge is -2.20. The highest BCUT2D eigenvalue weighted by Crippen LogP contribution is 2.29. The molecule has 1 aromatic carbocycles. The summed E-state index contributed by atoms with van der Waals surface area (Å²) in [5.74, 6) is 0.841. The summed E-state index contributed by atoms with van der Waals surface area (Å²) >= 11 is 3.65. The molecule has 1 aromatic heterocycles. The summed E-state index contributed by atoms with van der Waals surface area (Å²) in [5.41, 5.74) is 6.07. The smallest absolute Gasteiger partial charge is 0.160 e. The zero-order chi connectivity index (χ0) is 14.8. The molecule has 110 valence electrons. The fraction of sp³-hybridized carbons (Fsp3) is 0.412. The molecule has 0 saturated carbocycles. The zero-order valence-corrected chi connectivity index (χ0v) is 14.1. The van der Waals surface area contributed by atoms with Gasteiger partial charge in [0.05, 0.1) is 5.69 Å². The molecular weight excluding hydrogens is 326 g/mol. The van der Waals surface area contributed by atoms with Gasteiger partial charge in [0, 0.05) is 22.3 Å². The van der Waals surface area contributed by atoms with E-state index < -0.39 is 0 Å². The van der Waals surface area contributed by atoms with Gasteiger partial charge in [0.1, 0.15) is 0 Å². The van der Waals surface area contributed by atoms with Gasteiger partial charge in [-0.05, 0) is 49.6 Å². The number of hydrogen-bond acceptors (Lipinski definition) is 3. The first-order chi connectivity index (χ1) is 10.2. The first-order valence-electron chi connectivity index (χ1n) is 7.55. The summed E-state index contributed by atoms with van der Waals surface area (Å²) in [4.78, 5) is 9.68. The molecule has 0 radical (unpaired) electrons. The summed E-state index contributed by atoms with van der Waals surface area (Å²) in [6, 6.07) is 6.34. The number of benzene rings is 1. The van der Waals surface area contributed by atoms with E-state index in [1.165, 1.54) is 22.5 Å². The van der Waals surface area contributed by atoms with Crippen molar-refractivity contribution in [2.75, 3.05) is 6.54 Å². The molecule has 0 saturated heterocycles. The van der Waals surface area contributed by atoms with Gasteiger partial charge in [-0.3, -0.25) is 0 Å². The second-order valence-electron chi connectivity index (χ2n) is 5.58. The van der Waals surface area contributed by atoms with Crippen molar-refractivity contribution in [1.29, 1.82) is 0 Å². The third-order valence-corrected chi connectivity index (χ3v) is 4.53. The van der Waals surface area contributed by atoms with Gasteiger partial charge in [-0.1, -0.05) is 35.3 Å². The van der Waals surface area contributed by atoms with Crippen LogP contribution in [0.15, 0.2) is 22.7 Å². The van der Waals surface area contributed by atoms with Gasteiger partial charge in [0.15, 0.2) is 5.82 Å². The molecule has 1 N–H and O–H groups in total. The van der Waals surface area contributed by atoms with Crippen molar-refractivity contribution >= 4 is 15.9 Å². The third kappa shape index (κ3) is 3.01. The molecule has 2 aromatic rings. The topological polar surface area (TPSA) is 37.8 Å². The number of hydrogen-bond donors (Lipinski definition) is 1. The highest BCUT2D eigenvalue weighted by Gasteiger charge is 2.18. The van der Waals surface area contributed by atoms with Crippen LogP contribution in [0.4, 0.5) is 0 Å². The summed E-state index contributed by atoms with van der Waals surface area (Å²) in [7, 11) is 0. The standard InChI is InChI=1S/C17H20BrN3/c1-3-4-15-13-7-8-19-10-16(13)21-17(20-15)12-6-5-11(2)9-14(12)18/h5-6,9,19H,3-4,7-8,10H2,1-2H3. The number of aryl methyl sites for hydroxylation is 2. The molecule has 0 bridgehead atoms. The first-order valence-corrected chi connectivity index (χ1v) is 8.34. The van der Waals surface area contributed by atoms with Gasteiger partial charge in [0.2, 0.25) is 0 Å². The Bertz CT molecular complexity index is 667. The van der Waals surface area contributed by atoms with Crippen molar-refractivity contribution in [2.24, 2.45) is 0 Å². The van der Waals surface area contributed by atoms with Crippen LogP contribution in [-0.2, 0) is 19.4 Å². The predicted octanol–water partition coefficient (Wildman–Crippen LogP) is 3.81. The lowest BCUT2D eigenvalue weighted by molar-refractivity contribution is 0.614. The number of aromatic nitrogens is 2. The van der Waals surface area contributed by atoms with E-state index in [-0.39, 0.29) is 0 Å². The van der Waals surface area contributed by atoms with E-state index in [0.717, 1.165) is 48.2 Å². The maximum Gasteiger partial charge on any atom is 0.160 e. The molecule has 21 heavy (non-hydrogen) atoms. The molecule has 2 heterocycles. The van der Waals surface area contributed by atoms with Crippen molar-refractivity contribution < 1.29 is 0 Å². The van der Waals surface area contributed by atoms with Crippen molar-refractivity contribution in [2.45, 2.75) is 39.7 Å². The lowest BCUT2D eigenvalue weighted by atomic mass is 10.0. The Morgan fingerprint density at radius 3 is 2.90 bits per heavy atom. The maximum absolute atomic E-state index is 4.87. The molecule has 1 aliphatic heterocycles. The maximum atomic E-state index is 4.87. The molecule has 1 aliphatic rings. The van der Waals surface area contributed by atoms with Crippen molar-refractivity contribution in [1.82, 2.24) is 15.3 Å². The Hall–Kier alpha value is -1.26. The van der Waals surface area contributed by atoms with Crippen molar-refractivity contribution in [3.8, 4) is 11.4 Å². The highest BCUT2D eigenvalue weighted by molar-refractivity contribution is 9.10. The van der Waals surface area contributed by atoms with E-state index in [2.05, 4.69) is 53.3 Å². The van der Waals surface area contributed by atoms with Gasteiger partial charge < -0.3 is 5.32 Å². The zero-order valence-electron chi connectivity index (χ0n) is 12.5. The molecule has 0 spiro atoms. The van der Waals surface area contributed by atoms with E-state index in [1.807, 2.05) is 0 Å². The van der Waals surface area contributed by atoms with E-state index in [4.69, 9.17) is 9.97 Å². The Labute approximate surface area is 134 Å². The number of fused-ring (bicyclic) bond motifs is 1. The van der Waals surface area contributed by atoms with E-state index >= 15 is 0 Å². The van der Waals surface area contributed by atoms with Crippen LogP contribution in [0, 0.1) is 6.92 Å². The predicted molar refractivity (Wildman–Crippen MR) is 89.3 cm³/mol. The number of halogens is 1. The molecule has 0 atom stereocenters. The van der Waals surface area contributed by atoms with Crippen molar-refractivity contribution in [3.05, 3.63) is 45.2 Å². The average Bonchev–Trinajstić information content (AvgIpc) is 2.47. The Morgan fingerprint density at radius 2 is 2.14 bits per heavy atom. The quantitative estimate of drug-likeness (QED) is 0.918. The normalized spacial score (nSPS) is 14.0. The highest BCUT2D eigenvalue weighted by atomic mass is 79.9. The largest absolute Gasteiger partial charge is 0.311 e. The minimum absolute atomic E-state index is 0.841. The monoisotopic (exact) mass is 345 g/mol. The SMILES string of the molecule is CCCc1nc(-c2ccc(C)cc2Br)nc2c1CCNC2. The second kappa shape index (κ2) is 6.24. The lowest BCUT2D eigenvalue weighted by Crippen LogP contribution is -2.26. The van der Waals surface area contributed by atoms with Gasteiger partial charge in [-0.2, -0.15) is 0 Å². The first kappa shape index (κ1) is 14.7. The number of nitrogens with zero attached hydrogens (tertiary/aromatic N) is 2. The van der Waals surface area contributed by atoms with Gasteiger partial charge in [-0.15, -0.1) is 0 Å². The summed E-state index contributed by atoms with van der Waals surface area (Å²) in [5, 5.41) is 3.41. The third-order valence-electron chi connectivity index (χ3n) is 3.87. The molecule has 3 rings (SSSR count). The fourth-order valence-corrected chi connectivity index (χ4v) is 3.47. The minimum Gasteiger partial charge on any atom is -0.311 e. The van der Waals surface area contributed by atoms with Crippen LogP contribution < -0.4 is 5.32 Å². The van der Waals surface area contributed by atoms with Crippen LogP contribution in [0.3, 0.4) is 0 Å². The van der Waals surface area contributed by atoms with Crippen LogP contribution in [0.1, 0.15) is 35.9 Å².